The number of carbonyl (C=O) groups excluding carboxylic acids is 2. The number of aliphatic hydroxyl groups excluding tert-OH is 2. The van der Waals surface area contributed by atoms with Crippen LogP contribution in [0.4, 0.5) is 0 Å². The van der Waals surface area contributed by atoms with Gasteiger partial charge in [-0.3, -0.25) is 9.59 Å². The Labute approximate surface area is 429 Å². The van der Waals surface area contributed by atoms with E-state index in [0.29, 0.717) is 19.4 Å². The number of rotatable bonds is 56. The number of amides is 1. The molecule has 6 heteroatoms. The molecule has 0 aromatic carbocycles. The second kappa shape index (κ2) is 58.4. The van der Waals surface area contributed by atoms with E-state index >= 15 is 0 Å². The second-order valence-electron chi connectivity index (χ2n) is 20.7. The molecule has 0 bridgehead atoms. The minimum absolute atomic E-state index is 0.000799. The van der Waals surface area contributed by atoms with E-state index in [4.69, 9.17) is 4.74 Å². The van der Waals surface area contributed by atoms with E-state index in [1.165, 1.54) is 238 Å². The van der Waals surface area contributed by atoms with Crippen LogP contribution >= 0.6 is 0 Å². The zero-order chi connectivity index (χ0) is 50.0. The SMILES string of the molecule is CCC/C=C\C/C=C\CCCCCCCC(=O)OCCCCCCCCCCCCCC/C=C\CCCCCCCCCCCCCCCCC(=O)NC(CO)C(O)/C=C/CCCCCCCCC. The lowest BCUT2D eigenvalue weighted by molar-refractivity contribution is -0.143. The van der Waals surface area contributed by atoms with Crippen LogP contribution < -0.4 is 5.32 Å². The third-order valence-corrected chi connectivity index (χ3v) is 13.8. The normalized spacial score (nSPS) is 12.9. The van der Waals surface area contributed by atoms with Crippen molar-refractivity contribution in [2.45, 2.75) is 328 Å². The number of ether oxygens (including phenoxy) is 1. The summed E-state index contributed by atoms with van der Waals surface area (Å²) in [5.74, 6) is -0.0685. The third kappa shape index (κ3) is 55.0. The predicted octanol–water partition coefficient (Wildman–Crippen LogP) is 19.0. The average Bonchev–Trinajstić information content (AvgIpc) is 3.35. The number of unbranched alkanes of at least 4 members (excludes halogenated alkanes) is 39. The first kappa shape index (κ1) is 66.8. The summed E-state index contributed by atoms with van der Waals surface area (Å²) < 4.78 is 5.47. The topological polar surface area (TPSA) is 95.9 Å². The first-order chi connectivity index (χ1) is 34.0. The predicted molar refractivity (Wildman–Crippen MR) is 301 cm³/mol. The molecule has 2 unspecified atom stereocenters. The molecule has 2 atom stereocenters. The summed E-state index contributed by atoms with van der Waals surface area (Å²) in [5.41, 5.74) is 0. The molecule has 6 nitrogen and oxygen atoms in total. The Balaban J connectivity index is 3.36. The molecular weight excluding hydrogens is 851 g/mol. The second-order valence-corrected chi connectivity index (χ2v) is 20.7. The van der Waals surface area contributed by atoms with Crippen LogP contribution in [0.25, 0.3) is 0 Å². The number of hydrogen-bond acceptors (Lipinski definition) is 5. The van der Waals surface area contributed by atoms with E-state index in [0.717, 1.165) is 51.4 Å². The van der Waals surface area contributed by atoms with Crippen molar-refractivity contribution in [3.05, 3.63) is 48.6 Å². The smallest absolute Gasteiger partial charge is 0.305 e. The molecule has 0 heterocycles. The Morgan fingerprint density at radius 1 is 0.406 bits per heavy atom. The number of esters is 1. The lowest BCUT2D eigenvalue weighted by Crippen LogP contribution is -2.45. The van der Waals surface area contributed by atoms with Gasteiger partial charge in [0.15, 0.2) is 0 Å². The van der Waals surface area contributed by atoms with Gasteiger partial charge in [0.25, 0.3) is 0 Å². The molecule has 1 amide bonds. The fourth-order valence-electron chi connectivity index (χ4n) is 9.14. The fourth-order valence-corrected chi connectivity index (χ4v) is 9.14. The van der Waals surface area contributed by atoms with Gasteiger partial charge < -0.3 is 20.3 Å². The maximum atomic E-state index is 12.4. The number of nitrogens with one attached hydrogen (secondary N) is 1. The van der Waals surface area contributed by atoms with Crippen LogP contribution in [0, 0.1) is 0 Å². The Morgan fingerprint density at radius 3 is 1.17 bits per heavy atom. The molecule has 0 aromatic rings. The Kier molecular flexibility index (Phi) is 56.5. The number of carbonyl (C=O) groups is 2. The molecule has 0 spiro atoms. The first-order valence-electron chi connectivity index (χ1n) is 30.4. The maximum absolute atomic E-state index is 12.4. The Hall–Kier alpha value is -2.18. The maximum Gasteiger partial charge on any atom is 0.305 e. The summed E-state index contributed by atoms with van der Waals surface area (Å²) in [6.07, 6.45) is 74.6. The van der Waals surface area contributed by atoms with Crippen LogP contribution in [-0.2, 0) is 14.3 Å². The quantitative estimate of drug-likeness (QED) is 0.0321. The van der Waals surface area contributed by atoms with Gasteiger partial charge in [-0.05, 0) is 83.5 Å². The van der Waals surface area contributed by atoms with Crippen molar-refractivity contribution in [3.8, 4) is 0 Å². The highest BCUT2D eigenvalue weighted by Crippen LogP contribution is 2.17. The van der Waals surface area contributed by atoms with Crippen molar-refractivity contribution in [1.29, 1.82) is 0 Å². The van der Waals surface area contributed by atoms with Crippen LogP contribution in [0.5, 0.6) is 0 Å². The fraction of sp³-hybridized carbons (Fsp3) is 0.841. The minimum atomic E-state index is -0.841. The summed E-state index contributed by atoms with van der Waals surface area (Å²) in [6.45, 7) is 4.81. The van der Waals surface area contributed by atoms with Gasteiger partial charge >= 0.3 is 5.97 Å². The largest absolute Gasteiger partial charge is 0.466 e. The summed E-state index contributed by atoms with van der Waals surface area (Å²) in [5, 5.41) is 22.9. The monoisotopic (exact) mass is 968 g/mol. The van der Waals surface area contributed by atoms with Crippen molar-refractivity contribution in [3.63, 3.8) is 0 Å². The molecule has 69 heavy (non-hydrogen) atoms. The summed E-state index contributed by atoms with van der Waals surface area (Å²) >= 11 is 0. The number of allylic oxidation sites excluding steroid dienone is 7. The van der Waals surface area contributed by atoms with E-state index in [1.54, 1.807) is 6.08 Å². The molecule has 3 N–H and O–H groups in total. The van der Waals surface area contributed by atoms with Gasteiger partial charge in [-0.1, -0.05) is 268 Å². The molecule has 0 radical (unpaired) electrons. The molecule has 0 rings (SSSR count). The zero-order valence-corrected chi connectivity index (χ0v) is 46.0. The van der Waals surface area contributed by atoms with Gasteiger partial charge in [-0.25, -0.2) is 0 Å². The standard InChI is InChI=1S/C63H117NO5/c1-3-5-7-9-11-13-14-33-37-41-45-49-53-57-63(68)69-58-54-50-46-42-38-35-32-30-28-26-24-22-20-18-16-15-17-19-21-23-25-27-29-31-34-36-40-44-48-52-56-62(67)64-60(59-65)61(66)55-51-47-43-39-12-10-8-6-4-2/h7,9,13-14,16,18,51,55,60-61,65-66H,3-6,8,10-12,15,17,19-50,52-54,56-59H2,1-2H3,(H,64,67)/b9-7-,14-13-,18-16-,55-51+. The molecule has 0 saturated carbocycles. The molecule has 0 aliphatic rings. The van der Waals surface area contributed by atoms with Gasteiger partial charge in [-0.2, -0.15) is 0 Å². The van der Waals surface area contributed by atoms with Crippen molar-refractivity contribution >= 4 is 11.9 Å². The third-order valence-electron chi connectivity index (χ3n) is 13.8. The van der Waals surface area contributed by atoms with Crippen molar-refractivity contribution in [2.75, 3.05) is 13.2 Å². The van der Waals surface area contributed by atoms with Crippen molar-refractivity contribution in [2.24, 2.45) is 0 Å². The lowest BCUT2D eigenvalue weighted by Gasteiger charge is -2.20. The lowest BCUT2D eigenvalue weighted by atomic mass is 10.0. The van der Waals surface area contributed by atoms with Gasteiger partial charge in [-0.15, -0.1) is 0 Å². The highest BCUT2D eigenvalue weighted by molar-refractivity contribution is 5.76. The molecule has 0 saturated heterocycles. The molecule has 404 valence electrons. The van der Waals surface area contributed by atoms with Crippen LogP contribution in [0.2, 0.25) is 0 Å². The van der Waals surface area contributed by atoms with Crippen LogP contribution in [0.1, 0.15) is 316 Å². The Morgan fingerprint density at radius 2 is 0.754 bits per heavy atom. The average molecular weight is 969 g/mol. The number of aliphatic hydroxyl groups is 2. The Bertz CT molecular complexity index is 1160. The summed E-state index contributed by atoms with van der Waals surface area (Å²) in [7, 11) is 0. The van der Waals surface area contributed by atoms with E-state index in [2.05, 4.69) is 55.6 Å². The van der Waals surface area contributed by atoms with Gasteiger partial charge in [0.05, 0.1) is 25.4 Å². The van der Waals surface area contributed by atoms with Gasteiger partial charge in [0, 0.05) is 12.8 Å². The number of hydrogen-bond donors (Lipinski definition) is 3. The highest BCUT2D eigenvalue weighted by atomic mass is 16.5. The summed E-state index contributed by atoms with van der Waals surface area (Å²) in [4.78, 5) is 24.4. The van der Waals surface area contributed by atoms with Gasteiger partial charge in [0.1, 0.15) is 0 Å². The first-order valence-corrected chi connectivity index (χ1v) is 30.4. The zero-order valence-electron chi connectivity index (χ0n) is 46.0. The summed E-state index contributed by atoms with van der Waals surface area (Å²) in [6, 6.07) is -0.625. The molecule has 0 aromatic heterocycles. The van der Waals surface area contributed by atoms with E-state index in [1.807, 2.05) is 6.08 Å². The van der Waals surface area contributed by atoms with Crippen LogP contribution in [-0.4, -0.2) is 47.4 Å². The van der Waals surface area contributed by atoms with Gasteiger partial charge in [0.2, 0.25) is 5.91 Å². The molecule has 0 aliphatic heterocycles. The van der Waals surface area contributed by atoms with E-state index in [-0.39, 0.29) is 18.5 Å². The molecular formula is C63H117NO5. The highest BCUT2D eigenvalue weighted by Gasteiger charge is 2.18. The van der Waals surface area contributed by atoms with Crippen LogP contribution in [0.15, 0.2) is 48.6 Å². The minimum Gasteiger partial charge on any atom is -0.466 e. The van der Waals surface area contributed by atoms with Crippen molar-refractivity contribution in [1.82, 2.24) is 5.32 Å². The van der Waals surface area contributed by atoms with E-state index < -0.39 is 12.1 Å². The molecule has 0 fully saturated rings. The van der Waals surface area contributed by atoms with E-state index in [9.17, 15) is 19.8 Å². The van der Waals surface area contributed by atoms with Crippen molar-refractivity contribution < 1.29 is 24.5 Å². The van der Waals surface area contributed by atoms with Crippen LogP contribution in [0.3, 0.4) is 0 Å². The molecule has 0 aliphatic carbocycles.